The molecule has 19 heavy (non-hydrogen) atoms. The van der Waals surface area contributed by atoms with Crippen LogP contribution in [0.15, 0.2) is 12.3 Å². The van der Waals surface area contributed by atoms with Crippen molar-refractivity contribution in [1.82, 2.24) is 0 Å². The van der Waals surface area contributed by atoms with Gasteiger partial charge in [0.2, 0.25) is 0 Å². The maximum atomic E-state index is 5.91. The molecule has 0 aliphatic rings. The maximum Gasteiger partial charge on any atom is 0.114 e. The standard InChI is InChI=1S/C15H30O2.C2H6/c1-11(2)17-13(15(7,8)9)10-16-12(3)14(4,5)6;1-2/h11,13H,3,10H2,1-2,4-9H3;1-2H3. The molecule has 0 bridgehead atoms. The monoisotopic (exact) mass is 272 g/mol. The van der Waals surface area contributed by atoms with E-state index in [0.29, 0.717) is 6.61 Å². The SMILES string of the molecule is C=C(OCC(OC(C)C)C(C)(C)C)C(C)(C)C.CC. The highest BCUT2D eigenvalue weighted by Crippen LogP contribution is 2.28. The fourth-order valence-electron chi connectivity index (χ4n) is 1.21. The first-order chi connectivity index (χ1) is 8.44. The lowest BCUT2D eigenvalue weighted by molar-refractivity contribution is -0.0870. The number of allylic oxidation sites excluding steroid dienone is 1. The minimum atomic E-state index is -0.0136. The molecular weight excluding hydrogens is 236 g/mol. The Morgan fingerprint density at radius 3 is 1.68 bits per heavy atom. The summed E-state index contributed by atoms with van der Waals surface area (Å²) in [5.41, 5.74) is 0.0582. The molecule has 0 aliphatic heterocycles. The number of ether oxygens (including phenoxy) is 2. The summed E-state index contributed by atoms with van der Waals surface area (Å²) in [4.78, 5) is 0. The van der Waals surface area contributed by atoms with Gasteiger partial charge >= 0.3 is 0 Å². The molecular formula is C17H36O2. The van der Waals surface area contributed by atoms with E-state index in [1.165, 1.54) is 0 Å². The highest BCUT2D eigenvalue weighted by Gasteiger charge is 2.28. The normalized spacial score (nSPS) is 13.6. The molecule has 0 amide bonds. The second-order valence-corrected chi connectivity index (χ2v) is 7.02. The molecule has 0 spiro atoms. The molecule has 0 saturated heterocycles. The molecule has 2 heteroatoms. The Bertz CT molecular complexity index is 241. The van der Waals surface area contributed by atoms with Gasteiger partial charge < -0.3 is 9.47 Å². The van der Waals surface area contributed by atoms with Crippen LogP contribution in [0, 0.1) is 10.8 Å². The molecule has 0 heterocycles. The molecule has 0 aromatic rings. The Morgan fingerprint density at radius 2 is 1.42 bits per heavy atom. The third-order valence-electron chi connectivity index (χ3n) is 2.65. The molecule has 0 rings (SSSR count). The van der Waals surface area contributed by atoms with Crippen LogP contribution in [-0.4, -0.2) is 18.8 Å². The molecule has 0 aromatic carbocycles. The number of hydrogen-bond donors (Lipinski definition) is 0. The van der Waals surface area contributed by atoms with Crippen molar-refractivity contribution < 1.29 is 9.47 Å². The quantitative estimate of drug-likeness (QED) is 0.621. The predicted molar refractivity (Wildman–Crippen MR) is 85.4 cm³/mol. The fraction of sp³-hybridized carbons (Fsp3) is 0.882. The second-order valence-electron chi connectivity index (χ2n) is 7.02. The largest absolute Gasteiger partial charge is 0.495 e. The molecule has 1 unspecified atom stereocenters. The van der Waals surface area contributed by atoms with Crippen molar-refractivity contribution in [2.45, 2.75) is 81.4 Å². The summed E-state index contributed by atoms with van der Waals surface area (Å²) in [5.74, 6) is 0.819. The summed E-state index contributed by atoms with van der Waals surface area (Å²) in [6, 6.07) is 0. The minimum absolute atomic E-state index is 0.0136. The molecule has 0 aromatic heterocycles. The zero-order valence-electron chi connectivity index (χ0n) is 14.9. The van der Waals surface area contributed by atoms with E-state index < -0.39 is 0 Å². The third kappa shape index (κ3) is 10.0. The van der Waals surface area contributed by atoms with Gasteiger partial charge in [0.1, 0.15) is 6.61 Å². The van der Waals surface area contributed by atoms with Crippen molar-refractivity contribution in [2.24, 2.45) is 10.8 Å². The van der Waals surface area contributed by atoms with Gasteiger partial charge in [0.05, 0.1) is 18.0 Å². The maximum absolute atomic E-state index is 5.91. The van der Waals surface area contributed by atoms with Crippen molar-refractivity contribution in [2.75, 3.05) is 6.61 Å². The van der Waals surface area contributed by atoms with E-state index in [4.69, 9.17) is 9.47 Å². The smallest absolute Gasteiger partial charge is 0.114 e. The van der Waals surface area contributed by atoms with Crippen molar-refractivity contribution in [1.29, 1.82) is 0 Å². The zero-order chi connectivity index (χ0) is 15.9. The number of hydrogen-bond acceptors (Lipinski definition) is 2. The summed E-state index contributed by atoms with van der Waals surface area (Å²) in [6.45, 7) is 25.5. The fourth-order valence-corrected chi connectivity index (χ4v) is 1.21. The predicted octanol–water partition coefficient (Wildman–Crippen LogP) is 5.43. The van der Waals surface area contributed by atoms with Crippen molar-refractivity contribution in [3.8, 4) is 0 Å². The van der Waals surface area contributed by atoms with Crippen LogP contribution >= 0.6 is 0 Å². The highest BCUT2D eigenvalue weighted by molar-refractivity contribution is 4.96. The van der Waals surface area contributed by atoms with Crippen molar-refractivity contribution in [3.63, 3.8) is 0 Å². The summed E-state index contributed by atoms with van der Waals surface area (Å²) in [7, 11) is 0. The first kappa shape index (κ1) is 20.8. The topological polar surface area (TPSA) is 18.5 Å². The molecule has 0 radical (unpaired) electrons. The summed E-state index contributed by atoms with van der Waals surface area (Å²) < 4.78 is 11.7. The van der Waals surface area contributed by atoms with E-state index in [-0.39, 0.29) is 23.0 Å². The summed E-state index contributed by atoms with van der Waals surface area (Å²) in [6.07, 6.45) is 0.298. The Balaban J connectivity index is 0. The van der Waals surface area contributed by atoms with Gasteiger partial charge in [-0.05, 0) is 19.3 Å². The first-order valence-electron chi connectivity index (χ1n) is 7.42. The molecule has 116 valence electrons. The number of rotatable bonds is 5. The Kier molecular flexibility index (Phi) is 9.45. The second kappa shape index (κ2) is 8.63. The molecule has 0 aliphatic carbocycles. The van der Waals surface area contributed by atoms with Crippen LogP contribution in [-0.2, 0) is 9.47 Å². The van der Waals surface area contributed by atoms with Crippen molar-refractivity contribution in [3.05, 3.63) is 12.3 Å². The first-order valence-corrected chi connectivity index (χ1v) is 7.42. The minimum Gasteiger partial charge on any atom is -0.495 e. The van der Waals surface area contributed by atoms with Gasteiger partial charge in [-0.15, -0.1) is 0 Å². The van der Waals surface area contributed by atoms with E-state index in [9.17, 15) is 0 Å². The van der Waals surface area contributed by atoms with Crippen LogP contribution in [0.2, 0.25) is 0 Å². The van der Waals surface area contributed by atoms with Crippen LogP contribution in [0.3, 0.4) is 0 Å². The molecule has 0 N–H and O–H groups in total. The van der Waals surface area contributed by atoms with Crippen LogP contribution < -0.4 is 0 Å². The van der Waals surface area contributed by atoms with Crippen molar-refractivity contribution >= 4 is 0 Å². The van der Waals surface area contributed by atoms with Crippen LogP contribution in [0.25, 0.3) is 0 Å². The van der Waals surface area contributed by atoms with E-state index in [1.54, 1.807) is 0 Å². The van der Waals surface area contributed by atoms with Crippen LogP contribution in [0.1, 0.15) is 69.2 Å². The third-order valence-corrected chi connectivity index (χ3v) is 2.65. The van der Waals surface area contributed by atoms with E-state index in [2.05, 4.69) is 62.0 Å². The lowest BCUT2D eigenvalue weighted by Crippen LogP contribution is -2.36. The molecule has 0 fully saturated rings. The molecule has 2 nitrogen and oxygen atoms in total. The van der Waals surface area contributed by atoms with Gasteiger partial charge in [0, 0.05) is 5.41 Å². The van der Waals surface area contributed by atoms with E-state index in [1.807, 2.05) is 13.8 Å². The molecule has 0 saturated carbocycles. The van der Waals surface area contributed by atoms with Gasteiger partial charge in [-0.25, -0.2) is 0 Å². The Hall–Kier alpha value is -0.500. The van der Waals surface area contributed by atoms with Gasteiger partial charge in [0.15, 0.2) is 0 Å². The lowest BCUT2D eigenvalue weighted by atomic mass is 9.89. The molecule has 1 atom stereocenters. The van der Waals surface area contributed by atoms with Gasteiger partial charge in [-0.2, -0.15) is 0 Å². The van der Waals surface area contributed by atoms with Crippen LogP contribution in [0.5, 0.6) is 0 Å². The van der Waals surface area contributed by atoms with E-state index >= 15 is 0 Å². The average Bonchev–Trinajstić information content (AvgIpc) is 2.23. The van der Waals surface area contributed by atoms with Crippen LogP contribution in [0.4, 0.5) is 0 Å². The zero-order valence-corrected chi connectivity index (χ0v) is 14.9. The summed E-state index contributed by atoms with van der Waals surface area (Å²) >= 11 is 0. The van der Waals surface area contributed by atoms with Gasteiger partial charge in [-0.3, -0.25) is 0 Å². The lowest BCUT2D eigenvalue weighted by Gasteiger charge is -2.33. The summed E-state index contributed by atoms with van der Waals surface area (Å²) in [5, 5.41) is 0. The van der Waals surface area contributed by atoms with Gasteiger partial charge in [-0.1, -0.05) is 62.0 Å². The average molecular weight is 272 g/mol. The highest BCUT2D eigenvalue weighted by atomic mass is 16.5. The Morgan fingerprint density at radius 1 is 1.00 bits per heavy atom. The van der Waals surface area contributed by atoms with Gasteiger partial charge in [0.25, 0.3) is 0 Å². The Labute approximate surface area is 121 Å². The van der Waals surface area contributed by atoms with E-state index in [0.717, 1.165) is 5.76 Å².